The fourth-order valence-corrected chi connectivity index (χ4v) is 3.83. The van der Waals surface area contributed by atoms with E-state index in [1.54, 1.807) is 37.5 Å². The Kier molecular flexibility index (Phi) is 7.44. The molecule has 1 heterocycles. The van der Waals surface area contributed by atoms with Crippen LogP contribution < -0.4 is 15.4 Å². The highest BCUT2D eigenvalue weighted by Gasteiger charge is 2.15. The van der Waals surface area contributed by atoms with E-state index in [1.807, 2.05) is 48.7 Å². The molecule has 3 N–H and O–H groups in total. The first-order chi connectivity index (χ1) is 16.5. The minimum atomic E-state index is -0.377. The number of hydrogen-bond donors (Lipinski definition) is 3. The van der Waals surface area contributed by atoms with E-state index in [0.29, 0.717) is 24.3 Å². The third-order valence-electron chi connectivity index (χ3n) is 5.38. The number of benzene rings is 3. The van der Waals surface area contributed by atoms with Crippen molar-refractivity contribution < 1.29 is 14.3 Å². The average Bonchev–Trinajstić information content (AvgIpc) is 3.28. The van der Waals surface area contributed by atoms with Gasteiger partial charge in [0.25, 0.3) is 11.8 Å². The zero-order chi connectivity index (χ0) is 23.9. The second-order valence-electron chi connectivity index (χ2n) is 7.66. The van der Waals surface area contributed by atoms with Gasteiger partial charge in [-0.2, -0.15) is 0 Å². The molecular weight excluding hydrogens is 494 g/mol. The quantitative estimate of drug-likeness (QED) is 0.285. The van der Waals surface area contributed by atoms with Crippen LogP contribution in [-0.2, 0) is 11.2 Å². The number of amides is 2. The molecule has 6 nitrogen and oxygen atoms in total. The number of ether oxygens (including phenoxy) is 1. The number of carbonyl (C=O) groups excluding carboxylic acids is 2. The van der Waals surface area contributed by atoms with Gasteiger partial charge in [-0.1, -0.05) is 46.3 Å². The normalized spacial score (nSPS) is 11.3. The van der Waals surface area contributed by atoms with E-state index in [9.17, 15) is 9.59 Å². The molecular formula is C27H24BrN3O3. The molecule has 0 aliphatic carbocycles. The highest BCUT2D eigenvalue weighted by atomic mass is 79.9. The van der Waals surface area contributed by atoms with Gasteiger partial charge in [0.15, 0.2) is 0 Å². The van der Waals surface area contributed by atoms with Crippen LogP contribution in [0.4, 0.5) is 0 Å². The summed E-state index contributed by atoms with van der Waals surface area (Å²) in [6.45, 7) is 0.427. The second-order valence-corrected chi connectivity index (χ2v) is 8.57. The lowest BCUT2D eigenvalue weighted by atomic mass is 10.1. The molecule has 0 saturated carbocycles. The number of methoxy groups -OCH3 is 1. The fourth-order valence-electron chi connectivity index (χ4n) is 3.57. The zero-order valence-electron chi connectivity index (χ0n) is 18.6. The van der Waals surface area contributed by atoms with Gasteiger partial charge in [-0.25, -0.2) is 0 Å². The molecule has 172 valence electrons. The Bertz CT molecular complexity index is 1330. The number of carbonyl (C=O) groups is 2. The minimum Gasteiger partial charge on any atom is -0.497 e. The molecule has 0 spiro atoms. The molecule has 0 fully saturated rings. The summed E-state index contributed by atoms with van der Waals surface area (Å²) in [5.74, 6) is -0.0837. The summed E-state index contributed by atoms with van der Waals surface area (Å²) >= 11 is 3.41. The standard InChI is InChI=1S/C27H24BrN3O3/c1-34-22-12-8-19(9-13-22)26(32)31-25(16-18-6-10-21(28)11-7-18)27(33)29-15-14-20-17-30-24-5-3-2-4-23(20)24/h2-13,16-17,30H,14-15H2,1H3,(H,29,33)(H,31,32)/b25-16-. The number of aromatic amines is 1. The van der Waals surface area contributed by atoms with Crippen molar-refractivity contribution >= 4 is 44.7 Å². The number of nitrogens with one attached hydrogen (secondary N) is 3. The molecule has 1 aromatic heterocycles. The van der Waals surface area contributed by atoms with Crippen molar-refractivity contribution in [3.63, 3.8) is 0 Å². The van der Waals surface area contributed by atoms with Gasteiger partial charge in [0.05, 0.1) is 7.11 Å². The Morgan fingerprint density at radius 2 is 1.74 bits per heavy atom. The lowest BCUT2D eigenvalue weighted by Gasteiger charge is -2.12. The van der Waals surface area contributed by atoms with Crippen LogP contribution in [0.5, 0.6) is 5.75 Å². The zero-order valence-corrected chi connectivity index (χ0v) is 20.2. The summed E-state index contributed by atoms with van der Waals surface area (Å²) in [6, 6.07) is 22.2. The first-order valence-electron chi connectivity index (χ1n) is 10.8. The summed E-state index contributed by atoms with van der Waals surface area (Å²) in [7, 11) is 1.56. The van der Waals surface area contributed by atoms with E-state index in [4.69, 9.17) is 4.74 Å². The lowest BCUT2D eigenvalue weighted by molar-refractivity contribution is -0.117. The van der Waals surface area contributed by atoms with E-state index < -0.39 is 0 Å². The first kappa shape index (κ1) is 23.3. The van der Waals surface area contributed by atoms with E-state index >= 15 is 0 Å². The van der Waals surface area contributed by atoms with Crippen LogP contribution in [0.2, 0.25) is 0 Å². The van der Waals surface area contributed by atoms with Crippen LogP contribution >= 0.6 is 15.9 Å². The van der Waals surface area contributed by atoms with Crippen LogP contribution in [0.25, 0.3) is 17.0 Å². The lowest BCUT2D eigenvalue weighted by Crippen LogP contribution is -2.35. The maximum Gasteiger partial charge on any atom is 0.267 e. The predicted octanol–water partition coefficient (Wildman–Crippen LogP) is 5.07. The number of rotatable bonds is 8. The summed E-state index contributed by atoms with van der Waals surface area (Å²) in [4.78, 5) is 29.1. The van der Waals surface area contributed by atoms with E-state index in [-0.39, 0.29) is 17.5 Å². The molecule has 0 saturated heterocycles. The van der Waals surface area contributed by atoms with E-state index in [2.05, 4.69) is 37.6 Å². The molecule has 4 aromatic rings. The molecule has 0 bridgehead atoms. The summed E-state index contributed by atoms with van der Waals surface area (Å²) in [5.41, 5.74) is 3.57. The smallest absolute Gasteiger partial charge is 0.267 e. The molecule has 0 unspecified atom stereocenters. The van der Waals surface area contributed by atoms with Gasteiger partial charge in [-0.15, -0.1) is 0 Å². The van der Waals surface area contributed by atoms with Crippen molar-refractivity contribution in [3.05, 3.63) is 106 Å². The Labute approximate surface area is 206 Å². The van der Waals surface area contributed by atoms with Gasteiger partial charge >= 0.3 is 0 Å². The van der Waals surface area contributed by atoms with Crippen molar-refractivity contribution in [2.24, 2.45) is 0 Å². The molecule has 0 radical (unpaired) electrons. The molecule has 34 heavy (non-hydrogen) atoms. The van der Waals surface area contributed by atoms with Crippen molar-refractivity contribution in [2.45, 2.75) is 6.42 Å². The number of halogens is 1. The highest BCUT2D eigenvalue weighted by molar-refractivity contribution is 9.10. The van der Waals surface area contributed by atoms with E-state index in [0.717, 1.165) is 26.5 Å². The van der Waals surface area contributed by atoms with Gasteiger partial charge < -0.3 is 20.4 Å². The summed E-state index contributed by atoms with van der Waals surface area (Å²) in [5, 5.41) is 6.82. The Hall–Kier alpha value is -3.84. The van der Waals surface area contributed by atoms with Crippen molar-refractivity contribution in [3.8, 4) is 5.75 Å². The maximum atomic E-state index is 13.0. The minimum absolute atomic E-state index is 0.169. The number of aromatic nitrogens is 1. The SMILES string of the molecule is COc1ccc(C(=O)N/C(=C\c2ccc(Br)cc2)C(=O)NCCc2c[nH]c3ccccc23)cc1. The van der Waals surface area contributed by atoms with Crippen LogP contribution in [0.1, 0.15) is 21.5 Å². The van der Waals surface area contributed by atoms with E-state index in [1.165, 1.54) is 0 Å². The molecule has 2 amide bonds. The average molecular weight is 518 g/mol. The van der Waals surface area contributed by atoms with Crippen molar-refractivity contribution in [2.75, 3.05) is 13.7 Å². The van der Waals surface area contributed by atoms with Gasteiger partial charge in [0.1, 0.15) is 11.4 Å². The topological polar surface area (TPSA) is 83.2 Å². The van der Waals surface area contributed by atoms with Crippen LogP contribution in [-0.4, -0.2) is 30.5 Å². The third kappa shape index (κ3) is 5.74. The molecule has 0 aliphatic heterocycles. The number of fused-ring (bicyclic) bond motifs is 1. The maximum absolute atomic E-state index is 13.0. The van der Waals surface area contributed by atoms with Crippen LogP contribution in [0.15, 0.2) is 89.2 Å². The van der Waals surface area contributed by atoms with Gasteiger partial charge in [0, 0.05) is 33.7 Å². The Morgan fingerprint density at radius 1 is 1.00 bits per heavy atom. The number of hydrogen-bond acceptors (Lipinski definition) is 3. The Morgan fingerprint density at radius 3 is 2.47 bits per heavy atom. The molecule has 3 aromatic carbocycles. The molecule has 0 atom stereocenters. The summed E-state index contributed by atoms with van der Waals surface area (Å²) < 4.78 is 6.07. The second kappa shape index (κ2) is 10.9. The predicted molar refractivity (Wildman–Crippen MR) is 138 cm³/mol. The molecule has 7 heteroatoms. The summed E-state index contributed by atoms with van der Waals surface area (Å²) in [6.07, 6.45) is 4.28. The molecule has 4 rings (SSSR count). The van der Waals surface area contributed by atoms with Crippen molar-refractivity contribution in [1.29, 1.82) is 0 Å². The third-order valence-corrected chi connectivity index (χ3v) is 5.91. The Balaban J connectivity index is 1.48. The monoisotopic (exact) mass is 517 g/mol. The molecule has 0 aliphatic rings. The number of para-hydroxylation sites is 1. The van der Waals surface area contributed by atoms with Gasteiger partial charge in [-0.3, -0.25) is 9.59 Å². The number of H-pyrrole nitrogens is 1. The largest absolute Gasteiger partial charge is 0.497 e. The van der Waals surface area contributed by atoms with Crippen LogP contribution in [0.3, 0.4) is 0 Å². The first-order valence-corrected chi connectivity index (χ1v) is 11.6. The van der Waals surface area contributed by atoms with Crippen molar-refractivity contribution in [1.82, 2.24) is 15.6 Å². The van der Waals surface area contributed by atoms with Crippen LogP contribution in [0, 0.1) is 0 Å². The highest BCUT2D eigenvalue weighted by Crippen LogP contribution is 2.18. The fraction of sp³-hybridized carbons (Fsp3) is 0.111. The van der Waals surface area contributed by atoms with Gasteiger partial charge in [0.2, 0.25) is 0 Å². The van der Waals surface area contributed by atoms with Gasteiger partial charge in [-0.05, 0) is 66.1 Å².